The molecule has 1 N–H and O–H groups in total. The molecule has 1 amide bonds. The molecule has 0 spiro atoms. The molecular formula is C26H30N2O3S. The van der Waals surface area contributed by atoms with Crippen molar-refractivity contribution in [1.82, 2.24) is 0 Å². The Morgan fingerprint density at radius 2 is 1.53 bits per heavy atom. The van der Waals surface area contributed by atoms with Crippen LogP contribution in [0.4, 0.5) is 11.4 Å². The zero-order chi connectivity index (χ0) is 23.5. The van der Waals surface area contributed by atoms with Crippen LogP contribution in [0.15, 0.2) is 71.6 Å². The van der Waals surface area contributed by atoms with Crippen LogP contribution in [0.5, 0.6) is 0 Å². The molecule has 0 unspecified atom stereocenters. The van der Waals surface area contributed by atoms with E-state index in [2.05, 4.69) is 19.2 Å². The second kappa shape index (κ2) is 9.57. The predicted molar refractivity (Wildman–Crippen MR) is 131 cm³/mol. The molecule has 0 radical (unpaired) electrons. The number of carbonyl (C=O) groups is 1. The molecule has 3 aromatic rings. The fraction of sp³-hybridized carbons (Fsp3) is 0.269. The number of sulfonamides is 1. The van der Waals surface area contributed by atoms with Crippen LogP contribution in [-0.2, 0) is 14.8 Å². The molecule has 0 aliphatic heterocycles. The summed E-state index contributed by atoms with van der Waals surface area (Å²) >= 11 is 0. The summed E-state index contributed by atoms with van der Waals surface area (Å²) in [5.74, 6) is -0.174. The molecule has 0 heterocycles. The molecule has 3 rings (SSSR count). The van der Waals surface area contributed by atoms with Crippen molar-refractivity contribution in [1.29, 1.82) is 0 Å². The smallest absolute Gasteiger partial charge is 0.264 e. The molecule has 0 fully saturated rings. The molecule has 32 heavy (non-hydrogen) atoms. The topological polar surface area (TPSA) is 66.5 Å². The lowest BCUT2D eigenvalue weighted by molar-refractivity contribution is -0.114. The van der Waals surface area contributed by atoms with Crippen LogP contribution in [0, 0.1) is 20.8 Å². The second-order valence-corrected chi connectivity index (χ2v) is 10.3. The van der Waals surface area contributed by atoms with Gasteiger partial charge < -0.3 is 5.32 Å². The van der Waals surface area contributed by atoms with Crippen LogP contribution in [0.25, 0.3) is 0 Å². The van der Waals surface area contributed by atoms with Gasteiger partial charge in [0, 0.05) is 5.69 Å². The van der Waals surface area contributed by atoms with E-state index in [0.29, 0.717) is 11.4 Å². The summed E-state index contributed by atoms with van der Waals surface area (Å²) in [5.41, 5.74) is 4.96. The summed E-state index contributed by atoms with van der Waals surface area (Å²) in [5, 5.41) is 2.91. The maximum absolute atomic E-state index is 13.6. The second-order valence-electron chi connectivity index (χ2n) is 8.40. The molecule has 0 aromatic heterocycles. The summed E-state index contributed by atoms with van der Waals surface area (Å²) in [6.45, 7) is 9.48. The summed E-state index contributed by atoms with van der Waals surface area (Å²) in [4.78, 5) is 13.2. The van der Waals surface area contributed by atoms with E-state index in [9.17, 15) is 13.2 Å². The quantitative estimate of drug-likeness (QED) is 0.512. The summed E-state index contributed by atoms with van der Waals surface area (Å²) < 4.78 is 28.4. The third-order valence-electron chi connectivity index (χ3n) is 5.37. The van der Waals surface area contributed by atoms with Crippen LogP contribution < -0.4 is 9.62 Å². The third-order valence-corrected chi connectivity index (χ3v) is 7.15. The molecule has 0 saturated heterocycles. The first kappa shape index (κ1) is 23.5. The van der Waals surface area contributed by atoms with Gasteiger partial charge in [0.2, 0.25) is 5.91 Å². The van der Waals surface area contributed by atoms with Crippen molar-refractivity contribution in [3.63, 3.8) is 0 Å². The Morgan fingerprint density at radius 1 is 0.906 bits per heavy atom. The molecule has 0 atom stereocenters. The van der Waals surface area contributed by atoms with E-state index in [1.807, 2.05) is 57.2 Å². The highest BCUT2D eigenvalue weighted by molar-refractivity contribution is 7.92. The summed E-state index contributed by atoms with van der Waals surface area (Å²) in [6, 6.07) is 19.8. The van der Waals surface area contributed by atoms with Gasteiger partial charge in [-0.25, -0.2) is 8.42 Å². The van der Waals surface area contributed by atoms with E-state index in [1.165, 1.54) is 4.31 Å². The molecule has 0 aliphatic rings. The SMILES string of the molecule is Cc1ccc(S(=O)(=O)N(CC(=O)Nc2ccccc2C(C)C)c2ccc(C)cc2C)cc1. The van der Waals surface area contributed by atoms with E-state index < -0.39 is 15.9 Å². The number of para-hydroxylation sites is 1. The van der Waals surface area contributed by atoms with Crippen molar-refractivity contribution < 1.29 is 13.2 Å². The van der Waals surface area contributed by atoms with Crippen molar-refractivity contribution in [3.05, 3.63) is 89.0 Å². The zero-order valence-electron chi connectivity index (χ0n) is 19.2. The minimum atomic E-state index is -3.95. The van der Waals surface area contributed by atoms with E-state index in [0.717, 1.165) is 22.3 Å². The van der Waals surface area contributed by atoms with Gasteiger partial charge in [-0.15, -0.1) is 0 Å². The first-order chi connectivity index (χ1) is 15.1. The number of nitrogens with zero attached hydrogens (tertiary/aromatic N) is 1. The van der Waals surface area contributed by atoms with Gasteiger partial charge in [0.15, 0.2) is 0 Å². The molecule has 168 valence electrons. The number of benzene rings is 3. The lowest BCUT2D eigenvalue weighted by Gasteiger charge is -2.26. The van der Waals surface area contributed by atoms with Gasteiger partial charge in [0.05, 0.1) is 10.6 Å². The summed E-state index contributed by atoms with van der Waals surface area (Å²) in [7, 11) is -3.95. The van der Waals surface area contributed by atoms with Crippen molar-refractivity contribution in [2.75, 3.05) is 16.2 Å². The molecule has 3 aromatic carbocycles. The maximum atomic E-state index is 13.6. The Kier molecular flexibility index (Phi) is 7.04. The number of hydrogen-bond acceptors (Lipinski definition) is 3. The fourth-order valence-electron chi connectivity index (χ4n) is 3.66. The average Bonchev–Trinajstić information content (AvgIpc) is 2.73. The highest BCUT2D eigenvalue weighted by Crippen LogP contribution is 2.29. The van der Waals surface area contributed by atoms with E-state index in [4.69, 9.17) is 0 Å². The van der Waals surface area contributed by atoms with E-state index >= 15 is 0 Å². The normalized spacial score (nSPS) is 11.4. The lowest BCUT2D eigenvalue weighted by atomic mass is 10.0. The Bertz CT molecular complexity index is 1220. The highest BCUT2D eigenvalue weighted by Gasteiger charge is 2.28. The molecule has 0 saturated carbocycles. The number of anilines is 2. The number of nitrogens with one attached hydrogen (secondary N) is 1. The van der Waals surface area contributed by atoms with Gasteiger partial charge in [-0.2, -0.15) is 0 Å². The Labute approximate surface area is 191 Å². The standard InChI is InChI=1S/C26H30N2O3S/c1-18(2)23-8-6-7-9-24(23)27-26(29)17-28(25-15-12-20(4)16-21(25)5)32(30,31)22-13-10-19(3)11-14-22/h6-16,18H,17H2,1-5H3,(H,27,29). The first-order valence-corrected chi connectivity index (χ1v) is 12.1. The van der Waals surface area contributed by atoms with Crippen LogP contribution in [0.2, 0.25) is 0 Å². The van der Waals surface area contributed by atoms with Gasteiger partial charge in [0.1, 0.15) is 6.54 Å². The first-order valence-electron chi connectivity index (χ1n) is 10.6. The average molecular weight is 451 g/mol. The van der Waals surface area contributed by atoms with Crippen LogP contribution >= 0.6 is 0 Å². The molecular weight excluding hydrogens is 420 g/mol. The Morgan fingerprint density at radius 3 is 2.16 bits per heavy atom. The highest BCUT2D eigenvalue weighted by atomic mass is 32.2. The maximum Gasteiger partial charge on any atom is 0.264 e. The van der Waals surface area contributed by atoms with Gasteiger partial charge in [-0.05, 0) is 62.1 Å². The minimum absolute atomic E-state index is 0.151. The monoisotopic (exact) mass is 450 g/mol. The van der Waals surface area contributed by atoms with E-state index in [1.54, 1.807) is 30.3 Å². The summed E-state index contributed by atoms with van der Waals surface area (Å²) in [6.07, 6.45) is 0. The van der Waals surface area contributed by atoms with Crippen LogP contribution in [0.3, 0.4) is 0 Å². The number of rotatable bonds is 7. The Balaban J connectivity index is 2.00. The fourth-order valence-corrected chi connectivity index (χ4v) is 5.14. The minimum Gasteiger partial charge on any atom is -0.324 e. The van der Waals surface area contributed by atoms with Crippen molar-refractivity contribution in [2.45, 2.75) is 45.4 Å². The molecule has 6 heteroatoms. The van der Waals surface area contributed by atoms with Gasteiger partial charge in [-0.3, -0.25) is 9.10 Å². The van der Waals surface area contributed by atoms with Crippen LogP contribution in [0.1, 0.15) is 42.0 Å². The third kappa shape index (κ3) is 5.19. The van der Waals surface area contributed by atoms with Gasteiger partial charge in [0.25, 0.3) is 10.0 Å². The zero-order valence-corrected chi connectivity index (χ0v) is 20.0. The Hall–Kier alpha value is -3.12. The molecule has 5 nitrogen and oxygen atoms in total. The number of amides is 1. The molecule has 0 bridgehead atoms. The van der Waals surface area contributed by atoms with Crippen molar-refractivity contribution in [3.8, 4) is 0 Å². The number of carbonyl (C=O) groups excluding carboxylic acids is 1. The van der Waals surface area contributed by atoms with Crippen molar-refractivity contribution in [2.24, 2.45) is 0 Å². The predicted octanol–water partition coefficient (Wildman–Crippen LogP) is 5.57. The number of aryl methyl sites for hydroxylation is 3. The van der Waals surface area contributed by atoms with Crippen LogP contribution in [-0.4, -0.2) is 20.9 Å². The van der Waals surface area contributed by atoms with Crippen molar-refractivity contribution >= 4 is 27.3 Å². The van der Waals surface area contributed by atoms with Gasteiger partial charge >= 0.3 is 0 Å². The largest absolute Gasteiger partial charge is 0.324 e. The number of hydrogen-bond donors (Lipinski definition) is 1. The van der Waals surface area contributed by atoms with Gasteiger partial charge in [-0.1, -0.05) is 67.4 Å². The lowest BCUT2D eigenvalue weighted by Crippen LogP contribution is -2.38. The molecule has 0 aliphatic carbocycles. The van der Waals surface area contributed by atoms with E-state index in [-0.39, 0.29) is 17.4 Å².